The summed E-state index contributed by atoms with van der Waals surface area (Å²) in [5.74, 6) is 0. The number of ether oxygens (including phenoxy) is 1. The Bertz CT molecular complexity index is 534. The van der Waals surface area contributed by atoms with Gasteiger partial charge in [-0.1, -0.05) is 29.4 Å². The fourth-order valence-corrected chi connectivity index (χ4v) is 2.67. The van der Waals surface area contributed by atoms with Crippen LogP contribution in [0, 0.1) is 0 Å². The number of pyridine rings is 1. The van der Waals surface area contributed by atoms with Gasteiger partial charge in [-0.2, -0.15) is 0 Å². The molecule has 0 bridgehead atoms. The van der Waals surface area contributed by atoms with Gasteiger partial charge in [0, 0.05) is 36.3 Å². The van der Waals surface area contributed by atoms with Gasteiger partial charge in [-0.3, -0.25) is 0 Å². The van der Waals surface area contributed by atoms with Gasteiger partial charge in [-0.05, 0) is 35.9 Å². The first-order valence-electron chi connectivity index (χ1n) is 6.36. The number of hydrogen-bond donors (Lipinski definition) is 1. The first-order chi connectivity index (χ1) is 9.79. The molecule has 0 aliphatic heterocycles. The van der Waals surface area contributed by atoms with Crippen LogP contribution in [-0.4, -0.2) is 25.2 Å². The fourth-order valence-electron chi connectivity index (χ4n) is 1.66. The molecule has 0 unspecified atom stereocenters. The lowest BCUT2D eigenvalue weighted by molar-refractivity contribution is 0.199. The van der Waals surface area contributed by atoms with Crippen LogP contribution >= 0.6 is 23.4 Å². The Labute approximate surface area is 128 Å². The monoisotopic (exact) mass is 308 g/mol. The van der Waals surface area contributed by atoms with Gasteiger partial charge in [-0.25, -0.2) is 4.98 Å². The van der Waals surface area contributed by atoms with E-state index in [9.17, 15) is 0 Å². The Morgan fingerprint density at radius 3 is 2.80 bits per heavy atom. The Morgan fingerprint density at radius 2 is 2.05 bits per heavy atom. The highest BCUT2D eigenvalue weighted by molar-refractivity contribution is 7.99. The van der Waals surface area contributed by atoms with Crippen LogP contribution in [0.5, 0.6) is 0 Å². The molecule has 0 aliphatic carbocycles. The molecule has 0 saturated heterocycles. The third-order valence-electron chi connectivity index (χ3n) is 2.68. The van der Waals surface area contributed by atoms with Crippen LogP contribution in [0.25, 0.3) is 0 Å². The predicted molar refractivity (Wildman–Crippen MR) is 83.4 cm³/mol. The van der Waals surface area contributed by atoms with Crippen molar-refractivity contribution in [2.24, 2.45) is 0 Å². The van der Waals surface area contributed by atoms with Crippen molar-refractivity contribution in [1.82, 2.24) is 10.3 Å². The minimum Gasteiger partial charge on any atom is -0.383 e. The number of halogens is 1. The second-order valence-corrected chi connectivity index (χ2v) is 5.69. The van der Waals surface area contributed by atoms with Crippen molar-refractivity contribution in [3.05, 3.63) is 53.2 Å². The summed E-state index contributed by atoms with van der Waals surface area (Å²) in [6, 6.07) is 11.8. The zero-order chi connectivity index (χ0) is 14.2. The summed E-state index contributed by atoms with van der Waals surface area (Å²) in [5, 5.41) is 5.10. The van der Waals surface area contributed by atoms with E-state index in [-0.39, 0.29) is 0 Å². The average Bonchev–Trinajstić information content (AvgIpc) is 2.47. The highest BCUT2D eigenvalue weighted by atomic mass is 35.5. The standard InChI is InChI=1S/C15H17ClN2OS/c1-19-10-9-17-11-12-3-2-8-18-15(12)20-14-6-4-13(16)5-7-14/h2-8,17H,9-11H2,1H3. The van der Waals surface area contributed by atoms with Crippen LogP contribution in [0.2, 0.25) is 5.02 Å². The topological polar surface area (TPSA) is 34.1 Å². The summed E-state index contributed by atoms with van der Waals surface area (Å²) < 4.78 is 5.02. The van der Waals surface area contributed by atoms with Gasteiger partial charge in [0.2, 0.25) is 0 Å². The predicted octanol–water partition coefficient (Wildman–Crippen LogP) is 3.62. The minimum absolute atomic E-state index is 0.708. The molecule has 2 aromatic rings. The van der Waals surface area contributed by atoms with E-state index >= 15 is 0 Å². The maximum Gasteiger partial charge on any atom is 0.105 e. The van der Waals surface area contributed by atoms with E-state index in [0.717, 1.165) is 28.0 Å². The Kier molecular flexibility index (Phi) is 6.33. The van der Waals surface area contributed by atoms with Crippen LogP contribution in [-0.2, 0) is 11.3 Å². The molecule has 1 heterocycles. The molecule has 3 nitrogen and oxygen atoms in total. The van der Waals surface area contributed by atoms with Crippen molar-refractivity contribution in [2.75, 3.05) is 20.3 Å². The molecule has 0 aliphatic rings. The molecule has 0 amide bonds. The van der Waals surface area contributed by atoms with Crippen molar-refractivity contribution >= 4 is 23.4 Å². The molecule has 0 radical (unpaired) electrons. The van der Waals surface area contributed by atoms with E-state index in [2.05, 4.69) is 16.4 Å². The van der Waals surface area contributed by atoms with Crippen LogP contribution < -0.4 is 5.32 Å². The number of rotatable bonds is 7. The summed E-state index contributed by atoms with van der Waals surface area (Å²) in [5.41, 5.74) is 1.18. The highest BCUT2D eigenvalue weighted by Crippen LogP contribution is 2.29. The molecule has 2 rings (SSSR count). The Hall–Kier alpha value is -1.07. The molecular formula is C15H17ClN2OS. The van der Waals surface area contributed by atoms with E-state index in [1.54, 1.807) is 18.9 Å². The van der Waals surface area contributed by atoms with Crippen molar-refractivity contribution in [1.29, 1.82) is 0 Å². The largest absolute Gasteiger partial charge is 0.383 e. The smallest absolute Gasteiger partial charge is 0.105 e. The number of hydrogen-bond acceptors (Lipinski definition) is 4. The van der Waals surface area contributed by atoms with E-state index in [1.807, 2.05) is 36.5 Å². The maximum atomic E-state index is 5.90. The fraction of sp³-hybridized carbons (Fsp3) is 0.267. The van der Waals surface area contributed by atoms with E-state index in [4.69, 9.17) is 16.3 Å². The van der Waals surface area contributed by atoms with Gasteiger partial charge in [0.15, 0.2) is 0 Å². The third-order valence-corrected chi connectivity index (χ3v) is 4.00. The van der Waals surface area contributed by atoms with Crippen molar-refractivity contribution in [3.63, 3.8) is 0 Å². The van der Waals surface area contributed by atoms with Gasteiger partial charge in [0.05, 0.1) is 6.61 Å². The van der Waals surface area contributed by atoms with Crippen molar-refractivity contribution in [3.8, 4) is 0 Å². The first kappa shape index (κ1) is 15.3. The summed E-state index contributed by atoms with van der Waals surface area (Å²) in [6.07, 6.45) is 1.82. The highest BCUT2D eigenvalue weighted by Gasteiger charge is 2.05. The molecule has 0 saturated carbocycles. The molecule has 0 fully saturated rings. The summed E-state index contributed by atoms with van der Waals surface area (Å²) in [6.45, 7) is 2.32. The van der Waals surface area contributed by atoms with Crippen LogP contribution in [0.3, 0.4) is 0 Å². The van der Waals surface area contributed by atoms with Crippen LogP contribution in [0.1, 0.15) is 5.56 Å². The zero-order valence-electron chi connectivity index (χ0n) is 11.3. The van der Waals surface area contributed by atoms with Gasteiger partial charge < -0.3 is 10.1 Å². The van der Waals surface area contributed by atoms with E-state index in [1.165, 1.54) is 5.56 Å². The summed E-state index contributed by atoms with van der Waals surface area (Å²) in [4.78, 5) is 5.58. The number of methoxy groups -OCH3 is 1. The van der Waals surface area contributed by atoms with Crippen molar-refractivity contribution < 1.29 is 4.74 Å². The first-order valence-corrected chi connectivity index (χ1v) is 7.56. The lowest BCUT2D eigenvalue weighted by Crippen LogP contribution is -2.19. The molecule has 1 N–H and O–H groups in total. The summed E-state index contributed by atoms with van der Waals surface area (Å²) in [7, 11) is 1.70. The average molecular weight is 309 g/mol. The van der Waals surface area contributed by atoms with Gasteiger partial charge in [-0.15, -0.1) is 0 Å². The van der Waals surface area contributed by atoms with Crippen molar-refractivity contribution in [2.45, 2.75) is 16.5 Å². The van der Waals surface area contributed by atoms with Gasteiger partial charge >= 0.3 is 0 Å². The second-order valence-electron chi connectivity index (χ2n) is 4.19. The molecule has 0 atom stereocenters. The van der Waals surface area contributed by atoms with Gasteiger partial charge in [0.25, 0.3) is 0 Å². The third kappa shape index (κ3) is 4.80. The van der Waals surface area contributed by atoms with Crippen LogP contribution in [0.15, 0.2) is 52.5 Å². The molecule has 20 heavy (non-hydrogen) atoms. The maximum absolute atomic E-state index is 5.90. The van der Waals surface area contributed by atoms with Crippen LogP contribution in [0.4, 0.5) is 0 Å². The number of benzene rings is 1. The molecule has 1 aromatic carbocycles. The lowest BCUT2D eigenvalue weighted by atomic mass is 10.3. The number of nitrogens with one attached hydrogen (secondary N) is 1. The van der Waals surface area contributed by atoms with Gasteiger partial charge in [0.1, 0.15) is 5.03 Å². The number of nitrogens with zero attached hydrogens (tertiary/aromatic N) is 1. The summed E-state index contributed by atoms with van der Waals surface area (Å²) >= 11 is 7.54. The quantitative estimate of drug-likeness (QED) is 0.792. The molecule has 106 valence electrons. The zero-order valence-corrected chi connectivity index (χ0v) is 12.9. The molecule has 1 aromatic heterocycles. The Morgan fingerprint density at radius 1 is 1.25 bits per heavy atom. The molecular weight excluding hydrogens is 292 g/mol. The molecule has 0 spiro atoms. The Balaban J connectivity index is 2.01. The lowest BCUT2D eigenvalue weighted by Gasteiger charge is -2.09. The normalized spacial score (nSPS) is 10.7. The van der Waals surface area contributed by atoms with E-state index < -0.39 is 0 Å². The SMILES string of the molecule is COCCNCc1cccnc1Sc1ccc(Cl)cc1. The number of aromatic nitrogens is 1. The minimum atomic E-state index is 0.708. The molecule has 5 heteroatoms. The second kappa shape index (κ2) is 8.27. The van der Waals surface area contributed by atoms with E-state index in [0.29, 0.717) is 6.61 Å².